The Morgan fingerprint density at radius 1 is 1.33 bits per heavy atom. The molecule has 0 aromatic carbocycles. The molecule has 0 atom stereocenters. The van der Waals surface area contributed by atoms with Gasteiger partial charge in [0.15, 0.2) is 6.33 Å². The maximum absolute atomic E-state index is 6.23. The molecule has 2 heterocycles. The third kappa shape index (κ3) is 1.26. The minimum Gasteiger partial charge on any atom is -0.334 e. The Bertz CT molecular complexity index is 534. The fraction of sp³-hybridized carbons (Fsp3) is 0.100. The number of hydrogen-bond acceptors (Lipinski definition) is 4. The first-order chi connectivity index (χ1) is 7.36. The number of rotatable bonds is 1. The van der Waals surface area contributed by atoms with Crippen molar-refractivity contribution in [2.45, 2.75) is 6.42 Å². The molecule has 0 amide bonds. The van der Waals surface area contributed by atoms with Gasteiger partial charge in [-0.05, 0) is 0 Å². The summed E-state index contributed by atoms with van der Waals surface area (Å²) < 4.78 is 4.95. The summed E-state index contributed by atoms with van der Waals surface area (Å²) >= 11 is 6.23. The number of nitrogens with zero attached hydrogens (tertiary/aromatic N) is 3. The van der Waals surface area contributed by atoms with Gasteiger partial charge in [-0.3, -0.25) is 4.98 Å². The predicted octanol–water partition coefficient (Wildman–Crippen LogP) is 2.35. The molecule has 0 saturated carbocycles. The van der Waals surface area contributed by atoms with E-state index in [-0.39, 0.29) is 0 Å². The summed E-state index contributed by atoms with van der Waals surface area (Å²) in [6.07, 6.45) is 7.83. The zero-order valence-electron chi connectivity index (χ0n) is 7.64. The number of halogens is 1. The summed E-state index contributed by atoms with van der Waals surface area (Å²) in [5.41, 5.74) is 2.62. The lowest BCUT2D eigenvalue weighted by atomic mass is 10.1. The van der Waals surface area contributed by atoms with E-state index in [4.69, 9.17) is 16.1 Å². The highest BCUT2D eigenvalue weighted by atomic mass is 35.5. The second-order valence-electron chi connectivity index (χ2n) is 3.20. The minimum absolute atomic E-state index is 0.399. The van der Waals surface area contributed by atoms with Crippen molar-refractivity contribution < 1.29 is 4.52 Å². The van der Waals surface area contributed by atoms with Gasteiger partial charge in [0.1, 0.15) is 0 Å². The number of aromatic nitrogens is 3. The van der Waals surface area contributed by atoms with Gasteiger partial charge in [0.2, 0.25) is 0 Å². The minimum atomic E-state index is 0.399. The first-order valence-electron chi connectivity index (χ1n) is 4.47. The number of allylic oxidation sites excluding steroid dienone is 1. The number of fused-ring (bicyclic) bond motifs is 1. The molecule has 15 heavy (non-hydrogen) atoms. The molecule has 2 aromatic rings. The van der Waals surface area contributed by atoms with Crippen LogP contribution >= 0.6 is 11.6 Å². The zero-order chi connectivity index (χ0) is 10.3. The van der Waals surface area contributed by atoms with Crippen molar-refractivity contribution in [1.29, 1.82) is 0 Å². The van der Waals surface area contributed by atoms with Gasteiger partial charge < -0.3 is 4.52 Å². The molecule has 0 bridgehead atoms. The second-order valence-corrected chi connectivity index (χ2v) is 3.58. The molecule has 74 valence electrons. The largest absolute Gasteiger partial charge is 0.334 e. The normalized spacial score (nSPS) is 13.1. The molecule has 0 spiro atoms. The molecule has 0 N–H and O–H groups in total. The van der Waals surface area contributed by atoms with Gasteiger partial charge in [-0.15, -0.1) is 0 Å². The molecule has 0 fully saturated rings. The number of hydrogen-bond donors (Lipinski definition) is 0. The molecule has 2 aromatic heterocycles. The van der Waals surface area contributed by atoms with E-state index in [1.807, 2.05) is 12.2 Å². The van der Waals surface area contributed by atoms with Gasteiger partial charge in [0.25, 0.3) is 5.89 Å². The van der Waals surface area contributed by atoms with Crippen LogP contribution in [0.2, 0.25) is 5.02 Å². The Morgan fingerprint density at radius 2 is 2.27 bits per heavy atom. The van der Waals surface area contributed by atoms with Gasteiger partial charge in [0.05, 0.1) is 16.3 Å². The van der Waals surface area contributed by atoms with E-state index in [0.29, 0.717) is 16.5 Å². The summed E-state index contributed by atoms with van der Waals surface area (Å²) in [4.78, 5) is 8.25. The molecule has 1 aliphatic carbocycles. The maximum Gasteiger partial charge on any atom is 0.260 e. The SMILES string of the molecule is Clc1c(-c2ncno2)cnc2c1C=CC2. The van der Waals surface area contributed by atoms with Crippen LogP contribution in [0.3, 0.4) is 0 Å². The molecular weight excluding hydrogens is 214 g/mol. The van der Waals surface area contributed by atoms with E-state index in [0.717, 1.165) is 17.7 Å². The molecule has 1 aliphatic rings. The van der Waals surface area contributed by atoms with Crippen molar-refractivity contribution in [3.8, 4) is 11.5 Å². The van der Waals surface area contributed by atoms with E-state index < -0.39 is 0 Å². The van der Waals surface area contributed by atoms with Crippen molar-refractivity contribution in [2.24, 2.45) is 0 Å². The third-order valence-electron chi connectivity index (χ3n) is 2.32. The fourth-order valence-electron chi connectivity index (χ4n) is 1.60. The topological polar surface area (TPSA) is 51.8 Å². The Morgan fingerprint density at radius 3 is 3.07 bits per heavy atom. The zero-order valence-corrected chi connectivity index (χ0v) is 8.40. The summed E-state index contributed by atoms with van der Waals surface area (Å²) in [5, 5.41) is 4.17. The van der Waals surface area contributed by atoms with Crippen LogP contribution in [0, 0.1) is 0 Å². The lowest BCUT2D eigenvalue weighted by molar-refractivity contribution is 0.430. The van der Waals surface area contributed by atoms with Gasteiger partial charge >= 0.3 is 0 Å². The van der Waals surface area contributed by atoms with Crippen LogP contribution in [0.5, 0.6) is 0 Å². The van der Waals surface area contributed by atoms with Crippen molar-refractivity contribution in [1.82, 2.24) is 15.1 Å². The Kier molecular flexibility index (Phi) is 1.82. The monoisotopic (exact) mass is 219 g/mol. The van der Waals surface area contributed by atoms with E-state index in [1.165, 1.54) is 6.33 Å². The molecule has 0 radical (unpaired) electrons. The van der Waals surface area contributed by atoms with E-state index in [9.17, 15) is 0 Å². The smallest absolute Gasteiger partial charge is 0.260 e. The van der Waals surface area contributed by atoms with Crippen LogP contribution in [0.4, 0.5) is 0 Å². The van der Waals surface area contributed by atoms with Crippen molar-refractivity contribution in [3.05, 3.63) is 34.9 Å². The number of pyridine rings is 1. The fourth-order valence-corrected chi connectivity index (χ4v) is 1.90. The van der Waals surface area contributed by atoms with Crippen molar-refractivity contribution in [2.75, 3.05) is 0 Å². The summed E-state index contributed by atoms with van der Waals surface area (Å²) in [6, 6.07) is 0. The van der Waals surface area contributed by atoms with Gasteiger partial charge in [0, 0.05) is 18.2 Å². The summed E-state index contributed by atoms with van der Waals surface area (Å²) in [7, 11) is 0. The summed E-state index contributed by atoms with van der Waals surface area (Å²) in [6.45, 7) is 0. The van der Waals surface area contributed by atoms with Crippen LogP contribution in [0.1, 0.15) is 11.3 Å². The average Bonchev–Trinajstić information content (AvgIpc) is 2.87. The lowest BCUT2D eigenvalue weighted by Gasteiger charge is -2.03. The Balaban J connectivity index is 2.22. The van der Waals surface area contributed by atoms with Gasteiger partial charge in [-0.25, -0.2) is 0 Å². The highest BCUT2D eigenvalue weighted by Gasteiger charge is 2.17. The second kappa shape index (κ2) is 3.17. The standard InChI is InChI=1S/C10H6ClN3O/c11-9-6-2-1-3-8(6)12-4-7(9)10-13-5-14-15-10/h1-2,4-5H,3H2. The Labute approximate surface area is 90.6 Å². The molecule has 3 rings (SSSR count). The van der Waals surface area contributed by atoms with E-state index in [2.05, 4.69) is 15.1 Å². The van der Waals surface area contributed by atoms with Crippen LogP contribution in [0.25, 0.3) is 17.5 Å². The molecule has 0 unspecified atom stereocenters. The molecule has 5 heteroatoms. The quantitative estimate of drug-likeness (QED) is 0.739. The van der Waals surface area contributed by atoms with Crippen LogP contribution in [-0.4, -0.2) is 15.1 Å². The maximum atomic E-state index is 6.23. The molecule has 4 nitrogen and oxygen atoms in total. The van der Waals surface area contributed by atoms with Gasteiger partial charge in [-0.1, -0.05) is 28.9 Å². The Hall–Kier alpha value is -1.68. The first kappa shape index (κ1) is 8.61. The lowest BCUT2D eigenvalue weighted by Crippen LogP contribution is -1.91. The highest BCUT2D eigenvalue weighted by Crippen LogP contribution is 2.33. The average molecular weight is 220 g/mol. The summed E-state index contributed by atoms with van der Waals surface area (Å²) in [5.74, 6) is 0.399. The highest BCUT2D eigenvalue weighted by molar-refractivity contribution is 6.34. The van der Waals surface area contributed by atoms with E-state index in [1.54, 1.807) is 6.20 Å². The molecule has 0 saturated heterocycles. The predicted molar refractivity (Wildman–Crippen MR) is 55.3 cm³/mol. The van der Waals surface area contributed by atoms with E-state index >= 15 is 0 Å². The van der Waals surface area contributed by atoms with Crippen molar-refractivity contribution in [3.63, 3.8) is 0 Å². The van der Waals surface area contributed by atoms with Crippen LogP contribution in [-0.2, 0) is 6.42 Å². The molecule has 0 aliphatic heterocycles. The van der Waals surface area contributed by atoms with Crippen molar-refractivity contribution >= 4 is 17.7 Å². The third-order valence-corrected chi connectivity index (χ3v) is 2.73. The van der Waals surface area contributed by atoms with Gasteiger partial charge in [-0.2, -0.15) is 4.98 Å². The molecular formula is C10H6ClN3O. The first-order valence-corrected chi connectivity index (χ1v) is 4.85. The van der Waals surface area contributed by atoms with Crippen LogP contribution < -0.4 is 0 Å². The van der Waals surface area contributed by atoms with Crippen LogP contribution in [0.15, 0.2) is 23.1 Å².